The summed E-state index contributed by atoms with van der Waals surface area (Å²) in [5.74, 6) is 1.07. The summed E-state index contributed by atoms with van der Waals surface area (Å²) < 4.78 is 0. The smallest absolute Gasteiger partial charge is 0.167 e. The minimum atomic E-state index is -0.342. The molecule has 18 heavy (non-hydrogen) atoms. The molecular formula is C12H16N4O2. The van der Waals surface area contributed by atoms with Gasteiger partial charge in [0.1, 0.15) is 5.82 Å². The fraction of sp³-hybridized carbons (Fsp3) is 0.333. The molecule has 0 aliphatic heterocycles. The highest BCUT2D eigenvalue weighted by Gasteiger charge is 2.13. The van der Waals surface area contributed by atoms with Crippen molar-refractivity contribution in [2.45, 2.75) is 25.8 Å². The standard InChI is InChI=1S/C12H16N4O2/c1-2-11-14-12(16-15-11)8(13)5-7-3-4-9(17)10(18)6-7/h3-4,6,8,17-18H,2,5,13H2,1H3,(H,14,15,16). The number of nitrogens with one attached hydrogen (secondary N) is 1. The van der Waals surface area contributed by atoms with Crippen LogP contribution in [-0.4, -0.2) is 25.4 Å². The van der Waals surface area contributed by atoms with Crippen LogP contribution in [0.15, 0.2) is 18.2 Å². The maximum absolute atomic E-state index is 9.40. The highest BCUT2D eigenvalue weighted by molar-refractivity contribution is 5.40. The molecule has 0 amide bonds. The zero-order valence-corrected chi connectivity index (χ0v) is 10.1. The minimum absolute atomic E-state index is 0.140. The molecule has 1 atom stereocenters. The Morgan fingerprint density at radius 3 is 2.72 bits per heavy atom. The molecule has 0 spiro atoms. The van der Waals surface area contributed by atoms with Crippen LogP contribution in [0, 0.1) is 0 Å². The topological polar surface area (TPSA) is 108 Å². The Bertz CT molecular complexity index is 539. The Labute approximate surface area is 104 Å². The largest absolute Gasteiger partial charge is 0.504 e. The quantitative estimate of drug-likeness (QED) is 0.604. The summed E-state index contributed by atoms with van der Waals surface area (Å²) in [5, 5.41) is 25.5. The van der Waals surface area contributed by atoms with Crippen LogP contribution < -0.4 is 5.73 Å². The summed E-state index contributed by atoms with van der Waals surface area (Å²) in [6, 6.07) is 4.29. The van der Waals surface area contributed by atoms with E-state index < -0.39 is 0 Å². The molecule has 2 aromatic rings. The van der Waals surface area contributed by atoms with Crippen LogP contribution in [0.2, 0.25) is 0 Å². The van der Waals surface area contributed by atoms with Gasteiger partial charge in [0.25, 0.3) is 0 Å². The van der Waals surface area contributed by atoms with Gasteiger partial charge >= 0.3 is 0 Å². The van der Waals surface area contributed by atoms with E-state index >= 15 is 0 Å². The highest BCUT2D eigenvalue weighted by atomic mass is 16.3. The number of hydrogen-bond acceptors (Lipinski definition) is 5. The van der Waals surface area contributed by atoms with E-state index in [0.717, 1.165) is 17.8 Å². The second kappa shape index (κ2) is 5.05. The van der Waals surface area contributed by atoms with Crippen molar-refractivity contribution < 1.29 is 10.2 Å². The Hall–Kier alpha value is -2.08. The molecule has 0 saturated carbocycles. The van der Waals surface area contributed by atoms with Crippen LogP contribution in [-0.2, 0) is 12.8 Å². The molecule has 5 N–H and O–H groups in total. The lowest BCUT2D eigenvalue weighted by atomic mass is 10.1. The van der Waals surface area contributed by atoms with Crippen molar-refractivity contribution in [3.8, 4) is 11.5 Å². The molecule has 6 heteroatoms. The molecule has 0 aliphatic carbocycles. The van der Waals surface area contributed by atoms with Crippen LogP contribution in [0.5, 0.6) is 11.5 Å². The van der Waals surface area contributed by atoms with E-state index in [9.17, 15) is 10.2 Å². The zero-order valence-electron chi connectivity index (χ0n) is 10.1. The van der Waals surface area contributed by atoms with Crippen LogP contribution in [0.4, 0.5) is 0 Å². The van der Waals surface area contributed by atoms with Gasteiger partial charge in [0.05, 0.1) is 6.04 Å². The van der Waals surface area contributed by atoms with Crippen molar-refractivity contribution in [2.75, 3.05) is 0 Å². The van der Waals surface area contributed by atoms with Gasteiger partial charge in [-0.15, -0.1) is 0 Å². The second-order valence-electron chi connectivity index (χ2n) is 4.13. The van der Waals surface area contributed by atoms with E-state index in [1.165, 1.54) is 12.1 Å². The van der Waals surface area contributed by atoms with Crippen LogP contribution >= 0.6 is 0 Å². The summed E-state index contributed by atoms with van der Waals surface area (Å²) in [7, 11) is 0. The van der Waals surface area contributed by atoms with Gasteiger partial charge in [-0.05, 0) is 24.1 Å². The summed E-state index contributed by atoms with van der Waals surface area (Å²) >= 11 is 0. The van der Waals surface area contributed by atoms with E-state index in [4.69, 9.17) is 5.73 Å². The first kappa shape index (κ1) is 12.4. The summed E-state index contributed by atoms with van der Waals surface area (Å²) in [4.78, 5) is 4.26. The molecule has 0 radical (unpaired) electrons. The van der Waals surface area contributed by atoms with Crippen molar-refractivity contribution in [1.82, 2.24) is 15.2 Å². The number of H-pyrrole nitrogens is 1. The van der Waals surface area contributed by atoms with Crippen molar-refractivity contribution in [2.24, 2.45) is 5.73 Å². The lowest BCUT2D eigenvalue weighted by molar-refractivity contribution is 0.403. The fourth-order valence-electron chi connectivity index (χ4n) is 1.68. The molecule has 1 aromatic heterocycles. The van der Waals surface area contributed by atoms with Crippen molar-refractivity contribution >= 4 is 0 Å². The number of phenolic OH excluding ortho intramolecular Hbond substituents is 2. The molecule has 0 saturated heterocycles. The van der Waals surface area contributed by atoms with Gasteiger partial charge in [-0.25, -0.2) is 4.98 Å². The maximum atomic E-state index is 9.40. The van der Waals surface area contributed by atoms with Crippen LogP contribution in [0.1, 0.15) is 30.2 Å². The molecular weight excluding hydrogens is 232 g/mol. The SMILES string of the molecule is CCc1nc(C(N)Cc2ccc(O)c(O)c2)n[nH]1. The highest BCUT2D eigenvalue weighted by Crippen LogP contribution is 2.26. The third kappa shape index (κ3) is 2.60. The Morgan fingerprint density at radius 2 is 2.11 bits per heavy atom. The van der Waals surface area contributed by atoms with Crippen molar-refractivity contribution in [1.29, 1.82) is 0 Å². The summed E-state index contributed by atoms with van der Waals surface area (Å²) in [6.45, 7) is 1.98. The molecule has 0 fully saturated rings. The summed E-state index contributed by atoms with van der Waals surface area (Å²) in [6.07, 6.45) is 1.27. The maximum Gasteiger partial charge on any atom is 0.167 e. The monoisotopic (exact) mass is 248 g/mol. The fourth-order valence-corrected chi connectivity index (χ4v) is 1.68. The molecule has 2 rings (SSSR count). The van der Waals surface area contributed by atoms with E-state index in [1.54, 1.807) is 6.07 Å². The van der Waals surface area contributed by atoms with E-state index in [-0.39, 0.29) is 17.5 Å². The van der Waals surface area contributed by atoms with E-state index in [2.05, 4.69) is 15.2 Å². The normalized spacial score (nSPS) is 12.6. The van der Waals surface area contributed by atoms with Gasteiger partial charge in [0.15, 0.2) is 17.3 Å². The Kier molecular flexibility index (Phi) is 3.47. The van der Waals surface area contributed by atoms with Crippen LogP contribution in [0.3, 0.4) is 0 Å². The van der Waals surface area contributed by atoms with Gasteiger partial charge < -0.3 is 15.9 Å². The first-order valence-corrected chi connectivity index (χ1v) is 5.77. The third-order valence-electron chi connectivity index (χ3n) is 2.71. The average Bonchev–Trinajstić information content (AvgIpc) is 2.82. The van der Waals surface area contributed by atoms with Crippen molar-refractivity contribution in [3.63, 3.8) is 0 Å². The summed E-state index contributed by atoms with van der Waals surface area (Å²) in [5.41, 5.74) is 6.81. The van der Waals surface area contributed by atoms with Crippen molar-refractivity contribution in [3.05, 3.63) is 35.4 Å². The first-order chi connectivity index (χ1) is 8.60. The number of aryl methyl sites for hydroxylation is 1. The van der Waals surface area contributed by atoms with Gasteiger partial charge in [0, 0.05) is 6.42 Å². The van der Waals surface area contributed by atoms with Gasteiger partial charge in [-0.2, -0.15) is 5.10 Å². The van der Waals surface area contributed by atoms with E-state index in [0.29, 0.717) is 12.2 Å². The second-order valence-corrected chi connectivity index (χ2v) is 4.13. The number of aromatic amines is 1. The molecule has 1 heterocycles. The number of phenols is 2. The Morgan fingerprint density at radius 1 is 1.33 bits per heavy atom. The molecule has 0 aliphatic rings. The number of aromatic hydroxyl groups is 2. The molecule has 1 aromatic carbocycles. The number of benzene rings is 1. The lowest BCUT2D eigenvalue weighted by Gasteiger charge is -2.08. The minimum Gasteiger partial charge on any atom is -0.504 e. The number of rotatable bonds is 4. The van der Waals surface area contributed by atoms with Gasteiger partial charge in [-0.1, -0.05) is 13.0 Å². The number of nitrogens with two attached hydrogens (primary N) is 1. The predicted molar refractivity (Wildman–Crippen MR) is 66.2 cm³/mol. The molecule has 1 unspecified atom stereocenters. The number of aromatic nitrogens is 3. The zero-order chi connectivity index (χ0) is 13.1. The van der Waals surface area contributed by atoms with E-state index in [1.807, 2.05) is 6.92 Å². The molecule has 6 nitrogen and oxygen atoms in total. The molecule has 0 bridgehead atoms. The number of hydrogen-bond donors (Lipinski definition) is 4. The van der Waals surface area contributed by atoms with Gasteiger partial charge in [-0.3, -0.25) is 5.10 Å². The number of nitrogens with zero attached hydrogens (tertiary/aromatic N) is 2. The lowest BCUT2D eigenvalue weighted by Crippen LogP contribution is -2.15. The molecule has 96 valence electrons. The average molecular weight is 248 g/mol. The van der Waals surface area contributed by atoms with Crippen LogP contribution in [0.25, 0.3) is 0 Å². The Balaban J connectivity index is 2.10. The van der Waals surface area contributed by atoms with Gasteiger partial charge in [0.2, 0.25) is 0 Å². The first-order valence-electron chi connectivity index (χ1n) is 5.77. The third-order valence-corrected chi connectivity index (χ3v) is 2.71. The predicted octanol–water partition coefficient (Wildman–Crippen LogP) is 1.02.